The molecule has 0 heterocycles. The number of hydrogen-bond donors (Lipinski definition) is 2. The van der Waals surface area contributed by atoms with Crippen LogP contribution in [0.4, 0.5) is 10.5 Å². The van der Waals surface area contributed by atoms with E-state index in [0.29, 0.717) is 24.3 Å². The third-order valence-electron chi connectivity index (χ3n) is 7.34. The third kappa shape index (κ3) is 8.04. The number of nitrogens with zero attached hydrogens (tertiary/aromatic N) is 1. The standard InChI is InChI=1S/C30H42N2O5/c1-5-24(6-2)32(30(35)31-27-16-8-7-11-21(27)3)17-18-36-25-14-10-15-26(19-25)37-20-23-13-9-12-22(4)28(23)29(33)34/h7-9,11-13,16,24-26H,5-6,10,14-15,17-20H2,1-4H3,(H,31,35)(H,33,34)/t25-,26+/m0/s1. The molecule has 0 radical (unpaired) electrons. The lowest BCUT2D eigenvalue weighted by Crippen LogP contribution is -2.44. The van der Waals surface area contributed by atoms with E-state index >= 15 is 0 Å². The number of carboxylic acids is 1. The fraction of sp³-hybridized carbons (Fsp3) is 0.533. The Hall–Kier alpha value is -2.90. The number of carboxylic acid groups (broad SMARTS) is 1. The largest absolute Gasteiger partial charge is 0.478 e. The Morgan fingerprint density at radius 1 is 1.00 bits per heavy atom. The number of hydrogen-bond acceptors (Lipinski definition) is 4. The maximum atomic E-state index is 13.2. The van der Waals surface area contributed by atoms with Crippen molar-refractivity contribution in [1.82, 2.24) is 4.90 Å². The van der Waals surface area contributed by atoms with Crippen LogP contribution in [0.1, 0.15) is 79.4 Å². The van der Waals surface area contributed by atoms with Gasteiger partial charge in [0.25, 0.3) is 0 Å². The first-order valence-electron chi connectivity index (χ1n) is 13.5. The Bertz CT molecular complexity index is 1040. The lowest BCUT2D eigenvalue weighted by Gasteiger charge is -2.33. The summed E-state index contributed by atoms with van der Waals surface area (Å²) in [4.78, 5) is 26.7. The number of carbonyl (C=O) groups excluding carboxylic acids is 1. The Kier molecular flexibility index (Phi) is 11.0. The number of amides is 2. The molecule has 0 aliphatic heterocycles. The van der Waals surface area contributed by atoms with Crippen molar-refractivity contribution in [2.24, 2.45) is 0 Å². The Morgan fingerprint density at radius 2 is 1.68 bits per heavy atom. The quantitative estimate of drug-likeness (QED) is 0.337. The first-order valence-corrected chi connectivity index (χ1v) is 13.5. The van der Waals surface area contributed by atoms with Gasteiger partial charge in [0, 0.05) is 18.3 Å². The van der Waals surface area contributed by atoms with Crippen LogP contribution >= 0.6 is 0 Å². The first kappa shape index (κ1) is 28.7. The van der Waals surface area contributed by atoms with Gasteiger partial charge in [-0.2, -0.15) is 0 Å². The molecule has 0 aromatic heterocycles. The number of anilines is 1. The summed E-state index contributed by atoms with van der Waals surface area (Å²) in [6.45, 7) is 9.29. The number of urea groups is 1. The molecule has 7 heteroatoms. The molecule has 202 valence electrons. The van der Waals surface area contributed by atoms with Gasteiger partial charge < -0.3 is 24.8 Å². The minimum atomic E-state index is -0.921. The maximum absolute atomic E-state index is 13.2. The molecule has 2 aromatic rings. The molecule has 7 nitrogen and oxygen atoms in total. The Morgan fingerprint density at radius 3 is 2.35 bits per heavy atom. The molecule has 1 saturated carbocycles. The molecule has 2 amide bonds. The lowest BCUT2D eigenvalue weighted by atomic mass is 9.94. The van der Waals surface area contributed by atoms with Crippen LogP contribution in [0.25, 0.3) is 0 Å². The van der Waals surface area contributed by atoms with Gasteiger partial charge in [-0.15, -0.1) is 0 Å². The molecule has 2 N–H and O–H groups in total. The van der Waals surface area contributed by atoms with Gasteiger partial charge in [0.2, 0.25) is 0 Å². The van der Waals surface area contributed by atoms with E-state index in [1.165, 1.54) is 0 Å². The zero-order chi connectivity index (χ0) is 26.8. The van der Waals surface area contributed by atoms with Gasteiger partial charge in [0.1, 0.15) is 0 Å². The fourth-order valence-electron chi connectivity index (χ4n) is 5.16. The molecule has 2 aromatic carbocycles. The molecule has 37 heavy (non-hydrogen) atoms. The van der Waals surface area contributed by atoms with Gasteiger partial charge in [0.05, 0.1) is 31.0 Å². The SMILES string of the molecule is CCC(CC)N(CCO[C@H]1CCC[C@@H](OCc2cccc(C)c2C(=O)O)C1)C(=O)Nc1ccccc1C. The second kappa shape index (κ2) is 14.1. The molecule has 1 aliphatic carbocycles. The number of aromatic carboxylic acids is 1. The highest BCUT2D eigenvalue weighted by atomic mass is 16.5. The highest BCUT2D eigenvalue weighted by Gasteiger charge is 2.26. The van der Waals surface area contributed by atoms with Crippen LogP contribution in [0.15, 0.2) is 42.5 Å². The maximum Gasteiger partial charge on any atom is 0.336 e. The topological polar surface area (TPSA) is 88.1 Å². The van der Waals surface area contributed by atoms with Crippen molar-refractivity contribution >= 4 is 17.7 Å². The molecule has 0 saturated heterocycles. The van der Waals surface area contributed by atoms with Crippen molar-refractivity contribution in [1.29, 1.82) is 0 Å². The van der Waals surface area contributed by atoms with Crippen molar-refractivity contribution < 1.29 is 24.2 Å². The number of carbonyl (C=O) groups is 2. The Labute approximate surface area is 221 Å². The van der Waals surface area contributed by atoms with Crippen LogP contribution in [0, 0.1) is 13.8 Å². The summed E-state index contributed by atoms with van der Waals surface area (Å²) in [5, 5.41) is 12.6. The van der Waals surface area contributed by atoms with E-state index < -0.39 is 5.97 Å². The summed E-state index contributed by atoms with van der Waals surface area (Å²) in [7, 11) is 0. The predicted octanol–water partition coefficient (Wildman–Crippen LogP) is 6.57. The van der Waals surface area contributed by atoms with Gasteiger partial charge >= 0.3 is 12.0 Å². The molecule has 0 spiro atoms. The minimum Gasteiger partial charge on any atom is -0.478 e. The van der Waals surface area contributed by atoms with E-state index in [1.54, 1.807) is 0 Å². The Balaban J connectivity index is 1.53. The molecule has 1 aliphatic rings. The fourth-order valence-corrected chi connectivity index (χ4v) is 5.16. The molecule has 3 rings (SSSR count). The first-order chi connectivity index (χ1) is 17.8. The second-order valence-corrected chi connectivity index (χ2v) is 9.92. The highest BCUT2D eigenvalue weighted by Crippen LogP contribution is 2.26. The van der Waals surface area contributed by atoms with Crippen LogP contribution < -0.4 is 5.32 Å². The monoisotopic (exact) mass is 510 g/mol. The summed E-state index contributed by atoms with van der Waals surface area (Å²) in [6.07, 6.45) is 5.53. The second-order valence-electron chi connectivity index (χ2n) is 9.92. The molecule has 0 unspecified atom stereocenters. The average Bonchev–Trinajstić information content (AvgIpc) is 2.88. The summed E-state index contributed by atoms with van der Waals surface area (Å²) in [5.74, 6) is -0.921. The van der Waals surface area contributed by atoms with Crippen molar-refractivity contribution in [3.8, 4) is 0 Å². The highest BCUT2D eigenvalue weighted by molar-refractivity contribution is 5.91. The van der Waals surface area contributed by atoms with E-state index in [2.05, 4.69) is 19.2 Å². The molecule has 0 bridgehead atoms. The molecule has 1 fully saturated rings. The molecule has 2 atom stereocenters. The summed E-state index contributed by atoms with van der Waals surface area (Å²) in [5.41, 5.74) is 3.64. The van der Waals surface area contributed by atoms with E-state index in [1.807, 2.05) is 61.2 Å². The van der Waals surface area contributed by atoms with E-state index in [9.17, 15) is 14.7 Å². The van der Waals surface area contributed by atoms with E-state index in [0.717, 1.165) is 55.3 Å². The zero-order valence-corrected chi connectivity index (χ0v) is 22.7. The van der Waals surface area contributed by atoms with Gasteiger partial charge in [-0.05, 0) is 75.1 Å². The van der Waals surface area contributed by atoms with Crippen LogP contribution in [0.2, 0.25) is 0 Å². The molecular weight excluding hydrogens is 468 g/mol. The average molecular weight is 511 g/mol. The summed E-state index contributed by atoms with van der Waals surface area (Å²) < 4.78 is 12.4. The number of nitrogens with one attached hydrogen (secondary N) is 1. The van der Waals surface area contributed by atoms with Gasteiger partial charge in [-0.3, -0.25) is 0 Å². The van der Waals surface area contributed by atoms with Crippen molar-refractivity contribution in [2.45, 2.75) is 91.1 Å². The lowest BCUT2D eigenvalue weighted by molar-refractivity contribution is -0.0533. The smallest absolute Gasteiger partial charge is 0.336 e. The van der Waals surface area contributed by atoms with E-state index in [4.69, 9.17) is 9.47 Å². The van der Waals surface area contributed by atoms with Crippen LogP contribution in [0.5, 0.6) is 0 Å². The van der Waals surface area contributed by atoms with Gasteiger partial charge in [-0.1, -0.05) is 50.2 Å². The van der Waals surface area contributed by atoms with Gasteiger partial charge in [0.15, 0.2) is 0 Å². The van der Waals surface area contributed by atoms with Crippen molar-refractivity contribution in [3.63, 3.8) is 0 Å². The number of benzene rings is 2. The zero-order valence-electron chi connectivity index (χ0n) is 22.7. The predicted molar refractivity (Wildman–Crippen MR) is 146 cm³/mol. The number of aryl methyl sites for hydroxylation is 2. The normalized spacial score (nSPS) is 17.5. The summed E-state index contributed by atoms with van der Waals surface area (Å²) >= 11 is 0. The van der Waals surface area contributed by atoms with Crippen LogP contribution in [-0.4, -0.2) is 53.4 Å². The van der Waals surface area contributed by atoms with Crippen LogP contribution in [-0.2, 0) is 16.1 Å². The van der Waals surface area contributed by atoms with Crippen LogP contribution in [0.3, 0.4) is 0 Å². The van der Waals surface area contributed by atoms with Gasteiger partial charge in [-0.25, -0.2) is 9.59 Å². The minimum absolute atomic E-state index is 0.0281. The van der Waals surface area contributed by atoms with E-state index in [-0.39, 0.29) is 30.9 Å². The molecular formula is C30H42N2O5. The number of para-hydroxylation sites is 1. The summed E-state index contributed by atoms with van der Waals surface area (Å²) in [6, 6.07) is 13.4. The number of ether oxygens (including phenoxy) is 2. The number of rotatable bonds is 12. The van der Waals surface area contributed by atoms with Crippen molar-refractivity contribution in [2.75, 3.05) is 18.5 Å². The van der Waals surface area contributed by atoms with Crippen molar-refractivity contribution in [3.05, 3.63) is 64.7 Å². The third-order valence-corrected chi connectivity index (χ3v) is 7.34.